The van der Waals surface area contributed by atoms with Gasteiger partial charge in [-0.1, -0.05) is 17.7 Å². The van der Waals surface area contributed by atoms with E-state index in [-0.39, 0.29) is 18.6 Å². The third-order valence-electron chi connectivity index (χ3n) is 3.91. The number of carbonyl (C=O) groups excluding carboxylic acids is 1. The summed E-state index contributed by atoms with van der Waals surface area (Å²) in [7, 11) is 0. The Kier molecular flexibility index (Phi) is 4.65. The standard InChI is InChI=1S/C16H24N2O2/c1-11-7-12(2)16(13(3)8-11)20-10-15(19)18-6-4-5-14(18)9-17/h7-8,14H,4-6,9-10,17H2,1-3H3. The minimum Gasteiger partial charge on any atom is -0.483 e. The first kappa shape index (κ1) is 14.9. The Balaban J connectivity index is 2.00. The molecule has 1 aliphatic rings. The van der Waals surface area contributed by atoms with Crippen molar-refractivity contribution < 1.29 is 9.53 Å². The minimum absolute atomic E-state index is 0.0392. The van der Waals surface area contributed by atoms with Crippen LogP contribution < -0.4 is 10.5 Å². The number of ether oxygens (including phenoxy) is 1. The third-order valence-corrected chi connectivity index (χ3v) is 3.91. The molecule has 1 aromatic rings. The van der Waals surface area contributed by atoms with Gasteiger partial charge in [0.15, 0.2) is 6.61 Å². The summed E-state index contributed by atoms with van der Waals surface area (Å²) in [6, 6.07) is 4.34. The molecule has 1 aromatic carbocycles. The van der Waals surface area contributed by atoms with Gasteiger partial charge >= 0.3 is 0 Å². The molecule has 0 spiro atoms. The lowest BCUT2D eigenvalue weighted by Crippen LogP contribution is -2.42. The van der Waals surface area contributed by atoms with E-state index in [1.165, 1.54) is 5.56 Å². The van der Waals surface area contributed by atoms with Gasteiger partial charge in [-0.3, -0.25) is 4.79 Å². The maximum absolute atomic E-state index is 12.2. The van der Waals surface area contributed by atoms with Crippen molar-refractivity contribution in [1.82, 2.24) is 4.90 Å². The molecule has 1 aliphatic heterocycles. The van der Waals surface area contributed by atoms with Crippen molar-refractivity contribution in [2.24, 2.45) is 5.73 Å². The number of hydrogen-bond donors (Lipinski definition) is 1. The van der Waals surface area contributed by atoms with Crippen molar-refractivity contribution in [3.63, 3.8) is 0 Å². The first-order valence-corrected chi connectivity index (χ1v) is 7.23. The van der Waals surface area contributed by atoms with Crippen molar-refractivity contribution in [3.8, 4) is 5.75 Å². The van der Waals surface area contributed by atoms with Crippen LogP contribution in [0.25, 0.3) is 0 Å². The molecule has 20 heavy (non-hydrogen) atoms. The quantitative estimate of drug-likeness (QED) is 0.914. The fraction of sp³-hybridized carbons (Fsp3) is 0.562. The van der Waals surface area contributed by atoms with Crippen LogP contribution in [0.15, 0.2) is 12.1 Å². The van der Waals surface area contributed by atoms with E-state index in [4.69, 9.17) is 10.5 Å². The summed E-state index contributed by atoms with van der Waals surface area (Å²) in [5.41, 5.74) is 9.06. The highest BCUT2D eigenvalue weighted by atomic mass is 16.5. The molecule has 0 radical (unpaired) electrons. The van der Waals surface area contributed by atoms with Gasteiger partial charge in [-0.05, 0) is 44.7 Å². The van der Waals surface area contributed by atoms with Crippen LogP contribution in [0.1, 0.15) is 29.5 Å². The number of hydrogen-bond acceptors (Lipinski definition) is 3. The highest BCUT2D eigenvalue weighted by Crippen LogP contribution is 2.25. The van der Waals surface area contributed by atoms with Gasteiger partial charge in [0.2, 0.25) is 0 Å². The second kappa shape index (κ2) is 6.27. The maximum atomic E-state index is 12.2. The zero-order chi connectivity index (χ0) is 14.7. The highest BCUT2D eigenvalue weighted by molar-refractivity contribution is 5.78. The van der Waals surface area contributed by atoms with E-state index < -0.39 is 0 Å². The van der Waals surface area contributed by atoms with Crippen LogP contribution in [0, 0.1) is 20.8 Å². The summed E-state index contributed by atoms with van der Waals surface area (Å²) in [4.78, 5) is 14.1. The van der Waals surface area contributed by atoms with E-state index in [2.05, 4.69) is 19.1 Å². The smallest absolute Gasteiger partial charge is 0.260 e. The molecule has 4 nitrogen and oxygen atoms in total. The molecule has 1 heterocycles. The zero-order valence-electron chi connectivity index (χ0n) is 12.6. The summed E-state index contributed by atoms with van der Waals surface area (Å²) in [5.74, 6) is 0.866. The summed E-state index contributed by atoms with van der Waals surface area (Å²) < 4.78 is 5.76. The van der Waals surface area contributed by atoms with Crippen LogP contribution in [0.2, 0.25) is 0 Å². The number of benzene rings is 1. The van der Waals surface area contributed by atoms with E-state index in [0.29, 0.717) is 6.54 Å². The molecule has 4 heteroatoms. The molecule has 1 amide bonds. The fourth-order valence-electron chi connectivity index (χ4n) is 3.02. The number of likely N-dealkylation sites (tertiary alicyclic amines) is 1. The van der Waals surface area contributed by atoms with Crippen molar-refractivity contribution in [3.05, 3.63) is 28.8 Å². The molecule has 0 saturated carbocycles. The number of rotatable bonds is 4. The molecule has 0 aromatic heterocycles. The predicted octanol–water partition coefficient (Wildman–Crippen LogP) is 1.94. The monoisotopic (exact) mass is 276 g/mol. The summed E-state index contributed by atoms with van der Waals surface area (Å²) in [6.07, 6.45) is 2.04. The molecule has 0 bridgehead atoms. The maximum Gasteiger partial charge on any atom is 0.260 e. The third kappa shape index (κ3) is 3.12. The first-order chi connectivity index (χ1) is 9.52. The Morgan fingerprint density at radius 1 is 1.35 bits per heavy atom. The average Bonchev–Trinajstić information content (AvgIpc) is 2.85. The molecule has 1 saturated heterocycles. The van der Waals surface area contributed by atoms with Crippen LogP contribution in [0.4, 0.5) is 0 Å². The Labute approximate surface area is 120 Å². The summed E-state index contributed by atoms with van der Waals surface area (Å²) >= 11 is 0. The number of nitrogens with two attached hydrogens (primary N) is 1. The first-order valence-electron chi connectivity index (χ1n) is 7.23. The van der Waals surface area contributed by atoms with E-state index in [1.54, 1.807) is 0 Å². The lowest BCUT2D eigenvalue weighted by molar-refractivity contribution is -0.134. The predicted molar refractivity (Wildman–Crippen MR) is 79.9 cm³/mol. The molecular weight excluding hydrogens is 252 g/mol. The average molecular weight is 276 g/mol. The Hall–Kier alpha value is -1.55. The van der Waals surface area contributed by atoms with Gasteiger partial charge in [-0.2, -0.15) is 0 Å². The summed E-state index contributed by atoms with van der Waals surface area (Å²) in [6.45, 7) is 7.52. The molecule has 0 aliphatic carbocycles. The van der Waals surface area contributed by atoms with Crippen LogP contribution >= 0.6 is 0 Å². The number of nitrogens with zero attached hydrogens (tertiary/aromatic N) is 1. The van der Waals surface area contributed by atoms with E-state index >= 15 is 0 Å². The molecule has 110 valence electrons. The highest BCUT2D eigenvalue weighted by Gasteiger charge is 2.27. The second-order valence-electron chi connectivity index (χ2n) is 5.64. The molecular formula is C16H24N2O2. The van der Waals surface area contributed by atoms with Crippen molar-refractivity contribution >= 4 is 5.91 Å². The van der Waals surface area contributed by atoms with Gasteiger partial charge in [0.25, 0.3) is 5.91 Å². The number of aryl methyl sites for hydroxylation is 3. The fourth-order valence-corrected chi connectivity index (χ4v) is 3.02. The van der Waals surface area contributed by atoms with Crippen LogP contribution in [0.3, 0.4) is 0 Å². The Morgan fingerprint density at radius 2 is 2.00 bits per heavy atom. The SMILES string of the molecule is Cc1cc(C)c(OCC(=O)N2CCCC2CN)c(C)c1. The molecule has 1 atom stereocenters. The second-order valence-corrected chi connectivity index (χ2v) is 5.64. The van der Waals surface area contributed by atoms with E-state index in [0.717, 1.165) is 36.3 Å². The van der Waals surface area contributed by atoms with E-state index in [9.17, 15) is 4.79 Å². The van der Waals surface area contributed by atoms with Gasteiger partial charge < -0.3 is 15.4 Å². The molecule has 2 N–H and O–H groups in total. The van der Waals surface area contributed by atoms with Crippen LogP contribution in [0.5, 0.6) is 5.75 Å². The number of carbonyl (C=O) groups is 1. The molecule has 1 unspecified atom stereocenters. The van der Waals surface area contributed by atoms with E-state index in [1.807, 2.05) is 18.7 Å². The lowest BCUT2D eigenvalue weighted by Gasteiger charge is -2.24. The van der Waals surface area contributed by atoms with Gasteiger partial charge in [-0.25, -0.2) is 0 Å². The summed E-state index contributed by atoms with van der Waals surface area (Å²) in [5, 5.41) is 0. The van der Waals surface area contributed by atoms with Gasteiger partial charge in [0, 0.05) is 19.1 Å². The van der Waals surface area contributed by atoms with Gasteiger partial charge in [0.1, 0.15) is 5.75 Å². The van der Waals surface area contributed by atoms with Crippen molar-refractivity contribution in [2.45, 2.75) is 39.7 Å². The largest absolute Gasteiger partial charge is 0.483 e. The minimum atomic E-state index is 0.0392. The Morgan fingerprint density at radius 3 is 2.60 bits per heavy atom. The zero-order valence-corrected chi connectivity index (χ0v) is 12.6. The van der Waals surface area contributed by atoms with Gasteiger partial charge in [0.05, 0.1) is 0 Å². The van der Waals surface area contributed by atoms with Gasteiger partial charge in [-0.15, -0.1) is 0 Å². The van der Waals surface area contributed by atoms with Crippen LogP contribution in [-0.4, -0.2) is 36.5 Å². The number of amides is 1. The molecule has 2 rings (SSSR count). The lowest BCUT2D eigenvalue weighted by atomic mass is 10.1. The molecule has 1 fully saturated rings. The van der Waals surface area contributed by atoms with Crippen molar-refractivity contribution in [2.75, 3.05) is 19.7 Å². The topological polar surface area (TPSA) is 55.6 Å². The Bertz CT molecular complexity index is 476. The van der Waals surface area contributed by atoms with Crippen LogP contribution in [-0.2, 0) is 4.79 Å². The van der Waals surface area contributed by atoms with Crippen molar-refractivity contribution in [1.29, 1.82) is 0 Å². The normalized spacial score (nSPS) is 18.4.